The molecule has 0 amide bonds. The molecule has 0 aromatic carbocycles. The van der Waals surface area contributed by atoms with Crippen LogP contribution in [-0.2, 0) is 0 Å². The van der Waals surface area contributed by atoms with E-state index in [9.17, 15) is 0 Å². The Labute approximate surface area is 86.4 Å². The molecule has 0 aromatic rings. The van der Waals surface area contributed by atoms with Crippen LogP contribution in [0.1, 0.15) is 19.3 Å². The van der Waals surface area contributed by atoms with Crippen molar-refractivity contribution in [1.82, 2.24) is 0 Å². The maximum absolute atomic E-state index is 9.05. The number of nitrogens with zero attached hydrogens (tertiary/aromatic N) is 1. The third-order valence-electron chi connectivity index (χ3n) is 3.15. The highest BCUT2D eigenvalue weighted by molar-refractivity contribution is 4.80. The fourth-order valence-electron chi connectivity index (χ4n) is 2.01. The standard InChI is InChI=1S/C10H24NO3/c1-11(2,3)10(4-7-12,5-8-13)6-9-14/h12-14H,4-9H2,1-3H3/q+1. The molecule has 0 atom stereocenters. The Kier molecular flexibility index (Phi) is 5.59. The molecule has 0 rings (SSSR count). The molecular weight excluding hydrogens is 182 g/mol. The predicted octanol–water partition coefficient (Wildman–Crippen LogP) is -0.421. The van der Waals surface area contributed by atoms with Crippen molar-refractivity contribution < 1.29 is 19.8 Å². The number of aliphatic hydroxyl groups is 3. The fraction of sp³-hybridized carbons (Fsp3) is 1.00. The number of hydrogen-bond donors (Lipinski definition) is 3. The molecular formula is C10H24NO3+. The summed E-state index contributed by atoms with van der Waals surface area (Å²) in [7, 11) is 6.09. The summed E-state index contributed by atoms with van der Waals surface area (Å²) in [5.74, 6) is 0. The second-order valence-electron chi connectivity index (χ2n) is 4.66. The Balaban J connectivity index is 4.73. The van der Waals surface area contributed by atoms with Crippen LogP contribution in [0, 0.1) is 0 Å². The van der Waals surface area contributed by atoms with Gasteiger partial charge < -0.3 is 19.8 Å². The minimum Gasteiger partial charge on any atom is -0.396 e. The zero-order valence-corrected chi connectivity index (χ0v) is 9.53. The molecule has 0 fully saturated rings. The van der Waals surface area contributed by atoms with Crippen LogP contribution in [0.3, 0.4) is 0 Å². The number of rotatable bonds is 7. The molecule has 0 aliphatic carbocycles. The molecule has 4 nitrogen and oxygen atoms in total. The van der Waals surface area contributed by atoms with Crippen molar-refractivity contribution in [3.63, 3.8) is 0 Å². The van der Waals surface area contributed by atoms with Crippen molar-refractivity contribution in [2.24, 2.45) is 0 Å². The second kappa shape index (κ2) is 5.66. The molecule has 14 heavy (non-hydrogen) atoms. The van der Waals surface area contributed by atoms with Gasteiger partial charge in [0.1, 0.15) is 5.54 Å². The largest absolute Gasteiger partial charge is 0.396 e. The summed E-state index contributed by atoms with van der Waals surface area (Å²) in [5.41, 5.74) is -0.224. The van der Waals surface area contributed by atoms with E-state index in [1.807, 2.05) is 21.1 Å². The summed E-state index contributed by atoms with van der Waals surface area (Å²) in [5, 5.41) is 27.1. The van der Waals surface area contributed by atoms with Crippen LogP contribution < -0.4 is 0 Å². The third-order valence-corrected chi connectivity index (χ3v) is 3.15. The van der Waals surface area contributed by atoms with Gasteiger partial charge in [-0.15, -0.1) is 0 Å². The van der Waals surface area contributed by atoms with Crippen LogP contribution in [0.15, 0.2) is 0 Å². The van der Waals surface area contributed by atoms with E-state index < -0.39 is 0 Å². The van der Waals surface area contributed by atoms with Gasteiger partial charge in [-0.25, -0.2) is 0 Å². The van der Waals surface area contributed by atoms with E-state index in [0.717, 1.165) is 0 Å². The van der Waals surface area contributed by atoms with Crippen LogP contribution in [-0.4, -0.2) is 66.3 Å². The van der Waals surface area contributed by atoms with E-state index in [2.05, 4.69) is 0 Å². The van der Waals surface area contributed by atoms with Gasteiger partial charge in [0.05, 0.1) is 21.1 Å². The van der Waals surface area contributed by atoms with Gasteiger partial charge in [0.25, 0.3) is 0 Å². The topological polar surface area (TPSA) is 60.7 Å². The van der Waals surface area contributed by atoms with Crippen LogP contribution >= 0.6 is 0 Å². The first kappa shape index (κ1) is 13.8. The summed E-state index contributed by atoms with van der Waals surface area (Å²) in [6, 6.07) is 0. The van der Waals surface area contributed by atoms with Crippen molar-refractivity contribution in [3.8, 4) is 0 Å². The van der Waals surface area contributed by atoms with Crippen molar-refractivity contribution in [2.75, 3.05) is 41.0 Å². The maximum Gasteiger partial charge on any atom is 0.105 e. The minimum atomic E-state index is -0.224. The SMILES string of the molecule is C[N+](C)(C)C(CCO)(CCO)CCO. The molecule has 0 saturated carbocycles. The number of hydrogen-bond acceptors (Lipinski definition) is 3. The predicted molar refractivity (Wildman–Crippen MR) is 55.9 cm³/mol. The number of quaternary nitrogens is 1. The smallest absolute Gasteiger partial charge is 0.105 e. The second-order valence-corrected chi connectivity index (χ2v) is 4.66. The molecule has 0 bridgehead atoms. The molecule has 3 N–H and O–H groups in total. The minimum absolute atomic E-state index is 0.0928. The summed E-state index contributed by atoms with van der Waals surface area (Å²) < 4.78 is 0.648. The van der Waals surface area contributed by atoms with Crippen molar-refractivity contribution in [3.05, 3.63) is 0 Å². The normalized spacial score (nSPS) is 13.3. The summed E-state index contributed by atoms with van der Waals surface area (Å²) in [6.07, 6.45) is 1.83. The lowest BCUT2D eigenvalue weighted by molar-refractivity contribution is -0.926. The summed E-state index contributed by atoms with van der Waals surface area (Å²) >= 11 is 0. The highest BCUT2D eigenvalue weighted by Gasteiger charge is 2.41. The van der Waals surface area contributed by atoms with Gasteiger partial charge >= 0.3 is 0 Å². The van der Waals surface area contributed by atoms with Crippen molar-refractivity contribution in [1.29, 1.82) is 0 Å². The third kappa shape index (κ3) is 3.20. The van der Waals surface area contributed by atoms with Gasteiger partial charge in [-0.2, -0.15) is 0 Å². The lowest BCUT2D eigenvalue weighted by Crippen LogP contribution is -2.58. The highest BCUT2D eigenvalue weighted by Crippen LogP contribution is 2.30. The molecule has 0 radical (unpaired) electrons. The van der Waals surface area contributed by atoms with E-state index in [0.29, 0.717) is 23.7 Å². The monoisotopic (exact) mass is 206 g/mol. The Morgan fingerprint density at radius 3 is 1.21 bits per heavy atom. The van der Waals surface area contributed by atoms with Crippen LogP contribution in [0.4, 0.5) is 0 Å². The number of aliphatic hydroxyl groups excluding tert-OH is 3. The van der Waals surface area contributed by atoms with Gasteiger partial charge in [-0.1, -0.05) is 0 Å². The molecule has 0 heterocycles. The van der Waals surface area contributed by atoms with Crippen molar-refractivity contribution >= 4 is 0 Å². The molecule has 4 heteroatoms. The first-order valence-electron chi connectivity index (χ1n) is 5.07. The maximum atomic E-state index is 9.05. The lowest BCUT2D eigenvalue weighted by atomic mass is 9.85. The van der Waals surface area contributed by atoms with Crippen LogP contribution in [0.5, 0.6) is 0 Å². The van der Waals surface area contributed by atoms with E-state index in [1.165, 1.54) is 0 Å². The Bertz CT molecular complexity index is 137. The van der Waals surface area contributed by atoms with Gasteiger partial charge in [-0.3, -0.25) is 0 Å². The summed E-state index contributed by atoms with van der Waals surface area (Å²) in [6.45, 7) is 0.278. The molecule has 0 unspecified atom stereocenters. The Hall–Kier alpha value is -0.160. The molecule has 0 spiro atoms. The molecule has 0 aliphatic rings. The van der Waals surface area contributed by atoms with Gasteiger partial charge in [-0.05, 0) is 0 Å². The summed E-state index contributed by atoms with van der Waals surface area (Å²) in [4.78, 5) is 0. The van der Waals surface area contributed by atoms with Crippen LogP contribution in [0.2, 0.25) is 0 Å². The molecule has 0 aromatic heterocycles. The highest BCUT2D eigenvalue weighted by atomic mass is 16.3. The Morgan fingerprint density at radius 2 is 1.07 bits per heavy atom. The lowest BCUT2D eigenvalue weighted by Gasteiger charge is -2.46. The molecule has 86 valence electrons. The van der Waals surface area contributed by atoms with E-state index in [4.69, 9.17) is 15.3 Å². The molecule has 0 saturated heterocycles. The van der Waals surface area contributed by atoms with Gasteiger partial charge in [0.15, 0.2) is 0 Å². The zero-order chi connectivity index (χ0) is 11.2. The van der Waals surface area contributed by atoms with Crippen LogP contribution in [0.25, 0.3) is 0 Å². The van der Waals surface area contributed by atoms with E-state index >= 15 is 0 Å². The zero-order valence-electron chi connectivity index (χ0n) is 9.53. The van der Waals surface area contributed by atoms with Gasteiger partial charge in [0.2, 0.25) is 0 Å². The fourth-order valence-corrected chi connectivity index (χ4v) is 2.01. The van der Waals surface area contributed by atoms with Crippen molar-refractivity contribution in [2.45, 2.75) is 24.8 Å². The average Bonchev–Trinajstić information content (AvgIpc) is 2.03. The first-order valence-corrected chi connectivity index (χ1v) is 5.07. The van der Waals surface area contributed by atoms with E-state index in [1.54, 1.807) is 0 Å². The average molecular weight is 206 g/mol. The van der Waals surface area contributed by atoms with Gasteiger partial charge in [0, 0.05) is 39.1 Å². The van der Waals surface area contributed by atoms with E-state index in [-0.39, 0.29) is 25.4 Å². The first-order chi connectivity index (χ1) is 6.43. The molecule has 0 aliphatic heterocycles. The quantitative estimate of drug-likeness (QED) is 0.496. The Morgan fingerprint density at radius 1 is 0.786 bits per heavy atom.